The molecule has 0 atom stereocenters. The van der Waals surface area contributed by atoms with Gasteiger partial charge in [0.2, 0.25) is 5.95 Å². The van der Waals surface area contributed by atoms with Gasteiger partial charge in [-0.2, -0.15) is 9.97 Å². The Morgan fingerprint density at radius 1 is 0.897 bits per heavy atom. The maximum absolute atomic E-state index is 12.8. The van der Waals surface area contributed by atoms with Crippen molar-refractivity contribution in [3.05, 3.63) is 35.5 Å². The highest BCUT2D eigenvalue weighted by Gasteiger charge is 2.28. The number of Topliss-reactive ketones (excluding diaryl/α,β-unsaturated/α-hetero) is 1. The molecule has 148 valence electrons. The number of anilines is 2. The molecule has 29 heavy (non-hydrogen) atoms. The molecule has 1 aromatic carbocycles. The van der Waals surface area contributed by atoms with Crippen molar-refractivity contribution in [1.82, 2.24) is 15.0 Å². The van der Waals surface area contributed by atoms with Crippen LogP contribution in [0.4, 0.5) is 11.8 Å². The number of aromatic nitrogens is 3. The number of hydrogen-bond donors (Lipinski definition) is 2. The number of carbonyl (C=O) groups is 1. The average molecular weight is 389 g/mol. The third-order valence-corrected chi connectivity index (χ3v) is 5.83. The molecule has 3 N–H and O–H groups in total. The Balaban J connectivity index is 1.78. The first-order valence-corrected chi connectivity index (χ1v) is 10.2. The van der Waals surface area contributed by atoms with Crippen molar-refractivity contribution in [1.29, 1.82) is 0 Å². The number of hydrogen-bond acceptors (Lipinski definition) is 7. The molecule has 0 unspecified atom stereocenters. The molecule has 7 heteroatoms. The third kappa shape index (κ3) is 3.06. The van der Waals surface area contributed by atoms with Crippen molar-refractivity contribution < 1.29 is 9.90 Å². The molecule has 7 nitrogen and oxygen atoms in total. The number of fused-ring (bicyclic) bond motifs is 2. The summed E-state index contributed by atoms with van der Waals surface area (Å²) in [5, 5.41) is 10.3. The average Bonchev–Trinajstić information content (AvgIpc) is 2.74. The van der Waals surface area contributed by atoms with Crippen LogP contribution in [0, 0.1) is 0 Å². The second kappa shape index (κ2) is 6.99. The zero-order chi connectivity index (χ0) is 20.0. The van der Waals surface area contributed by atoms with Gasteiger partial charge in [-0.05, 0) is 49.8 Å². The summed E-state index contributed by atoms with van der Waals surface area (Å²) in [6, 6.07) is 6.81. The Morgan fingerprint density at radius 2 is 1.66 bits per heavy atom. The van der Waals surface area contributed by atoms with Crippen molar-refractivity contribution in [2.24, 2.45) is 0 Å². The van der Waals surface area contributed by atoms with Crippen LogP contribution in [0.2, 0.25) is 0 Å². The molecular weight excluding hydrogens is 366 g/mol. The van der Waals surface area contributed by atoms with Gasteiger partial charge in [-0.3, -0.25) is 4.79 Å². The number of ketones is 1. The summed E-state index contributed by atoms with van der Waals surface area (Å²) in [4.78, 5) is 29.1. The smallest absolute Gasteiger partial charge is 0.229 e. The predicted molar refractivity (Wildman–Crippen MR) is 112 cm³/mol. The summed E-state index contributed by atoms with van der Waals surface area (Å²) in [5.74, 6) is 1.19. The summed E-state index contributed by atoms with van der Waals surface area (Å²) < 4.78 is 0. The van der Waals surface area contributed by atoms with Crippen LogP contribution in [0.1, 0.15) is 48.2 Å². The topological polar surface area (TPSA) is 105 Å². The number of benzene rings is 1. The lowest BCUT2D eigenvalue weighted by Gasteiger charge is -2.27. The van der Waals surface area contributed by atoms with Crippen LogP contribution in [0.15, 0.2) is 24.3 Å². The number of nitrogen functional groups attached to an aromatic ring is 1. The summed E-state index contributed by atoms with van der Waals surface area (Å²) in [6.45, 7) is 1.83. The summed E-state index contributed by atoms with van der Waals surface area (Å²) in [7, 11) is 0. The SMILES string of the molecule is Nc1nc(N2CCCCC2)nc2nc3c(c(-c4ccc(O)cc4)c12)C(=O)CCC3. The number of nitrogens with two attached hydrogens (primary N) is 1. The number of carbonyl (C=O) groups excluding carboxylic acids is 1. The Labute approximate surface area is 168 Å². The molecule has 0 bridgehead atoms. The third-order valence-electron chi connectivity index (χ3n) is 5.83. The fourth-order valence-electron chi connectivity index (χ4n) is 4.40. The van der Waals surface area contributed by atoms with Crippen molar-refractivity contribution >= 4 is 28.6 Å². The van der Waals surface area contributed by atoms with E-state index in [0.717, 1.165) is 55.6 Å². The van der Waals surface area contributed by atoms with E-state index >= 15 is 0 Å². The molecule has 0 saturated carbocycles. The van der Waals surface area contributed by atoms with Crippen LogP contribution in [-0.4, -0.2) is 38.9 Å². The Morgan fingerprint density at radius 3 is 2.41 bits per heavy atom. The predicted octanol–water partition coefficient (Wildman–Crippen LogP) is 3.49. The van der Waals surface area contributed by atoms with Gasteiger partial charge in [-0.25, -0.2) is 4.98 Å². The lowest BCUT2D eigenvalue weighted by atomic mass is 9.86. The molecular formula is C22H23N5O2. The fourth-order valence-corrected chi connectivity index (χ4v) is 4.40. The molecule has 2 aliphatic rings. The van der Waals surface area contributed by atoms with E-state index in [0.29, 0.717) is 34.8 Å². The van der Waals surface area contributed by atoms with E-state index in [1.807, 2.05) is 0 Å². The minimum atomic E-state index is 0.0724. The largest absolute Gasteiger partial charge is 0.508 e. The quantitative estimate of drug-likeness (QED) is 0.691. The number of nitrogens with zero attached hydrogens (tertiary/aromatic N) is 4. The van der Waals surface area contributed by atoms with Crippen LogP contribution >= 0.6 is 0 Å². The van der Waals surface area contributed by atoms with Gasteiger partial charge in [0, 0.05) is 30.6 Å². The first-order valence-electron chi connectivity index (χ1n) is 10.2. The Bertz CT molecular complexity index is 1100. The van der Waals surface area contributed by atoms with E-state index in [4.69, 9.17) is 15.7 Å². The van der Waals surface area contributed by atoms with E-state index in [1.54, 1.807) is 24.3 Å². The molecule has 1 fully saturated rings. The van der Waals surface area contributed by atoms with Crippen LogP contribution in [0.3, 0.4) is 0 Å². The van der Waals surface area contributed by atoms with Crippen LogP contribution in [-0.2, 0) is 6.42 Å². The fraction of sp³-hybridized carbons (Fsp3) is 0.364. The molecule has 0 radical (unpaired) electrons. The lowest BCUT2D eigenvalue weighted by molar-refractivity contribution is 0.0972. The zero-order valence-electron chi connectivity index (χ0n) is 16.2. The zero-order valence-corrected chi connectivity index (χ0v) is 16.2. The van der Waals surface area contributed by atoms with Crippen LogP contribution in [0.5, 0.6) is 5.75 Å². The maximum atomic E-state index is 12.8. The van der Waals surface area contributed by atoms with Crippen molar-refractivity contribution in [2.75, 3.05) is 23.7 Å². The minimum absolute atomic E-state index is 0.0724. The van der Waals surface area contributed by atoms with Gasteiger partial charge in [-0.15, -0.1) is 0 Å². The van der Waals surface area contributed by atoms with Crippen molar-refractivity contribution in [2.45, 2.75) is 38.5 Å². The highest BCUT2D eigenvalue weighted by molar-refractivity contribution is 6.13. The van der Waals surface area contributed by atoms with Crippen molar-refractivity contribution in [3.63, 3.8) is 0 Å². The molecule has 1 saturated heterocycles. The van der Waals surface area contributed by atoms with E-state index in [2.05, 4.69) is 9.88 Å². The van der Waals surface area contributed by atoms with E-state index < -0.39 is 0 Å². The Kier molecular flexibility index (Phi) is 4.30. The second-order valence-corrected chi connectivity index (χ2v) is 7.79. The van der Waals surface area contributed by atoms with E-state index in [1.165, 1.54) is 6.42 Å². The number of phenolic OH excluding ortho intramolecular Hbond substituents is 1. The Hall–Kier alpha value is -3.22. The van der Waals surface area contributed by atoms with E-state index in [-0.39, 0.29) is 11.5 Å². The number of pyridine rings is 1. The molecule has 0 spiro atoms. The van der Waals surface area contributed by atoms with Gasteiger partial charge >= 0.3 is 0 Å². The van der Waals surface area contributed by atoms with Gasteiger partial charge in [0.15, 0.2) is 11.4 Å². The molecule has 0 amide bonds. The molecule has 3 aromatic rings. The van der Waals surface area contributed by atoms with Gasteiger partial charge in [-0.1, -0.05) is 12.1 Å². The first-order chi connectivity index (χ1) is 14.1. The summed E-state index contributed by atoms with van der Waals surface area (Å²) in [5.41, 5.74) is 9.91. The molecule has 1 aliphatic heterocycles. The summed E-state index contributed by atoms with van der Waals surface area (Å²) in [6.07, 6.45) is 5.48. The highest BCUT2D eigenvalue weighted by Crippen LogP contribution is 2.39. The molecule has 5 rings (SSSR count). The second-order valence-electron chi connectivity index (χ2n) is 7.79. The summed E-state index contributed by atoms with van der Waals surface area (Å²) >= 11 is 0. The maximum Gasteiger partial charge on any atom is 0.229 e. The number of aryl methyl sites for hydroxylation is 1. The normalized spacial score (nSPS) is 16.8. The van der Waals surface area contributed by atoms with Gasteiger partial charge in [0.25, 0.3) is 0 Å². The lowest BCUT2D eigenvalue weighted by Crippen LogP contribution is -2.31. The van der Waals surface area contributed by atoms with Crippen LogP contribution < -0.4 is 10.6 Å². The van der Waals surface area contributed by atoms with Crippen molar-refractivity contribution in [3.8, 4) is 16.9 Å². The van der Waals surface area contributed by atoms with E-state index in [9.17, 15) is 9.90 Å². The minimum Gasteiger partial charge on any atom is -0.508 e. The standard InChI is InChI=1S/C22H23N5O2/c23-20-19-17(13-7-9-14(28)10-8-13)18-15(5-4-6-16(18)29)24-21(19)26-22(25-20)27-11-2-1-3-12-27/h7-10,28H,1-6,11-12H2,(H2,23,24,25,26). The molecule has 3 heterocycles. The monoisotopic (exact) mass is 389 g/mol. The highest BCUT2D eigenvalue weighted by atomic mass is 16.3. The van der Waals surface area contributed by atoms with Gasteiger partial charge in [0.05, 0.1) is 11.1 Å². The van der Waals surface area contributed by atoms with Gasteiger partial charge in [0.1, 0.15) is 11.6 Å². The first kappa shape index (κ1) is 17.8. The number of phenols is 1. The number of rotatable bonds is 2. The number of piperidine rings is 1. The number of aromatic hydroxyl groups is 1. The molecule has 2 aromatic heterocycles. The van der Waals surface area contributed by atoms with Gasteiger partial charge < -0.3 is 15.7 Å². The van der Waals surface area contributed by atoms with Crippen LogP contribution in [0.25, 0.3) is 22.2 Å². The molecule has 1 aliphatic carbocycles.